The lowest BCUT2D eigenvalue weighted by atomic mass is 9.88. The van der Waals surface area contributed by atoms with Gasteiger partial charge in [0, 0.05) is 18.9 Å². The van der Waals surface area contributed by atoms with E-state index in [1.807, 2.05) is 20.8 Å². The number of hydrogen-bond donors (Lipinski definition) is 0. The molecule has 0 bridgehead atoms. The van der Waals surface area contributed by atoms with Crippen LogP contribution in [0.2, 0.25) is 0 Å². The van der Waals surface area contributed by atoms with Gasteiger partial charge in [0.25, 0.3) is 0 Å². The van der Waals surface area contributed by atoms with Gasteiger partial charge in [0.2, 0.25) is 0 Å². The molecular weight excluding hydrogens is 216 g/mol. The first-order valence-electron chi connectivity index (χ1n) is 5.59. The summed E-state index contributed by atoms with van der Waals surface area (Å²) in [7, 11) is 0. The van der Waals surface area contributed by atoms with E-state index in [0.717, 1.165) is 0 Å². The maximum Gasteiger partial charge on any atom is 0.308 e. The fraction of sp³-hybridized carbons (Fsp3) is 0.429. The lowest BCUT2D eigenvalue weighted by Crippen LogP contribution is -2.13. The number of hydrogen-bond acceptors (Lipinski definition) is 3. The fourth-order valence-electron chi connectivity index (χ4n) is 1.46. The predicted octanol–water partition coefficient (Wildman–Crippen LogP) is 3.23. The number of carbonyl (C=O) groups is 2. The van der Waals surface area contributed by atoms with Crippen molar-refractivity contribution in [2.24, 2.45) is 5.41 Å². The number of ketones is 1. The zero-order valence-corrected chi connectivity index (χ0v) is 10.7. The lowest BCUT2D eigenvalue weighted by Gasteiger charge is -2.16. The van der Waals surface area contributed by atoms with Crippen molar-refractivity contribution in [3.8, 4) is 5.75 Å². The van der Waals surface area contributed by atoms with Crippen molar-refractivity contribution in [3.63, 3.8) is 0 Å². The summed E-state index contributed by atoms with van der Waals surface area (Å²) in [6.45, 7) is 7.42. The highest BCUT2D eigenvalue weighted by Crippen LogP contribution is 2.22. The molecule has 3 nitrogen and oxygen atoms in total. The highest BCUT2D eigenvalue weighted by Gasteiger charge is 2.17. The molecule has 0 saturated heterocycles. The first-order valence-corrected chi connectivity index (χ1v) is 5.59. The summed E-state index contributed by atoms with van der Waals surface area (Å²) in [5.41, 5.74) is 0.627. The molecule has 0 spiro atoms. The Morgan fingerprint density at radius 3 is 2.06 bits per heavy atom. The Kier molecular flexibility index (Phi) is 4.05. The molecule has 0 heterocycles. The molecule has 1 aromatic carbocycles. The normalized spacial score (nSPS) is 11.1. The maximum atomic E-state index is 11.9. The van der Waals surface area contributed by atoms with E-state index in [1.54, 1.807) is 24.3 Å². The lowest BCUT2D eigenvalue weighted by molar-refractivity contribution is -0.131. The minimum atomic E-state index is -0.362. The third kappa shape index (κ3) is 4.81. The summed E-state index contributed by atoms with van der Waals surface area (Å²) in [4.78, 5) is 22.6. The number of ether oxygens (including phenoxy) is 1. The van der Waals surface area contributed by atoms with Gasteiger partial charge in [0.05, 0.1) is 0 Å². The second-order valence-corrected chi connectivity index (χ2v) is 5.28. The largest absolute Gasteiger partial charge is 0.427 e. The van der Waals surface area contributed by atoms with Gasteiger partial charge in [0.15, 0.2) is 5.78 Å². The van der Waals surface area contributed by atoms with Gasteiger partial charge >= 0.3 is 5.97 Å². The SMILES string of the molecule is CC(=O)Oc1ccc(C(=O)CC(C)(C)C)cc1. The van der Waals surface area contributed by atoms with Crippen LogP contribution in [0.4, 0.5) is 0 Å². The molecule has 92 valence electrons. The van der Waals surface area contributed by atoms with E-state index in [-0.39, 0.29) is 17.2 Å². The molecule has 17 heavy (non-hydrogen) atoms. The fourth-order valence-corrected chi connectivity index (χ4v) is 1.46. The number of Topliss-reactive ketones (excluding diaryl/α,β-unsaturated/α-hetero) is 1. The summed E-state index contributed by atoms with van der Waals surface area (Å²) >= 11 is 0. The van der Waals surface area contributed by atoms with Gasteiger partial charge in [-0.25, -0.2) is 0 Å². The quantitative estimate of drug-likeness (QED) is 0.458. The van der Waals surface area contributed by atoms with E-state index in [2.05, 4.69) is 0 Å². The van der Waals surface area contributed by atoms with Gasteiger partial charge in [-0.3, -0.25) is 9.59 Å². The van der Waals surface area contributed by atoms with Crippen molar-refractivity contribution in [2.45, 2.75) is 34.1 Å². The van der Waals surface area contributed by atoms with Crippen LogP contribution < -0.4 is 4.74 Å². The Bertz CT molecular complexity index is 410. The van der Waals surface area contributed by atoms with Gasteiger partial charge < -0.3 is 4.74 Å². The van der Waals surface area contributed by atoms with Crippen LogP contribution in [0.5, 0.6) is 5.75 Å². The number of esters is 1. The van der Waals surface area contributed by atoms with E-state index in [0.29, 0.717) is 17.7 Å². The highest BCUT2D eigenvalue weighted by molar-refractivity contribution is 5.96. The van der Waals surface area contributed by atoms with Crippen molar-refractivity contribution in [2.75, 3.05) is 0 Å². The molecule has 0 saturated carbocycles. The Hall–Kier alpha value is -1.64. The van der Waals surface area contributed by atoms with Crippen LogP contribution in [0.1, 0.15) is 44.5 Å². The zero-order valence-electron chi connectivity index (χ0n) is 10.7. The topological polar surface area (TPSA) is 43.4 Å². The van der Waals surface area contributed by atoms with Crippen LogP contribution in [-0.2, 0) is 4.79 Å². The summed E-state index contributed by atoms with van der Waals surface area (Å²) in [6, 6.07) is 6.65. The molecule has 0 fully saturated rings. The van der Waals surface area contributed by atoms with Gasteiger partial charge in [-0.05, 0) is 29.7 Å². The van der Waals surface area contributed by atoms with Crippen LogP contribution in [0.25, 0.3) is 0 Å². The van der Waals surface area contributed by atoms with Crippen molar-refractivity contribution in [1.82, 2.24) is 0 Å². The minimum absolute atomic E-state index is 0.0222. The molecule has 3 heteroatoms. The molecule has 0 aromatic heterocycles. The van der Waals surface area contributed by atoms with E-state index in [4.69, 9.17) is 4.74 Å². The summed E-state index contributed by atoms with van der Waals surface area (Å²) < 4.78 is 4.90. The van der Waals surface area contributed by atoms with Gasteiger partial charge in [0.1, 0.15) is 5.75 Å². The average Bonchev–Trinajstić information content (AvgIpc) is 2.15. The molecule has 1 rings (SSSR count). The molecule has 0 amide bonds. The molecular formula is C14H18O3. The van der Waals surface area contributed by atoms with Gasteiger partial charge in [-0.1, -0.05) is 20.8 Å². The number of benzene rings is 1. The Labute approximate surface area is 102 Å². The molecule has 1 aromatic rings. The Morgan fingerprint density at radius 1 is 1.12 bits per heavy atom. The molecule has 0 N–H and O–H groups in total. The number of rotatable bonds is 3. The first-order chi connectivity index (χ1) is 7.78. The highest BCUT2D eigenvalue weighted by atomic mass is 16.5. The second-order valence-electron chi connectivity index (χ2n) is 5.28. The summed E-state index contributed by atoms with van der Waals surface area (Å²) in [5, 5.41) is 0. The molecule has 0 aliphatic rings. The third-order valence-corrected chi connectivity index (χ3v) is 2.13. The van der Waals surface area contributed by atoms with Crippen molar-refractivity contribution in [3.05, 3.63) is 29.8 Å². The molecule has 0 aliphatic heterocycles. The van der Waals surface area contributed by atoms with Crippen LogP contribution in [0, 0.1) is 5.41 Å². The van der Waals surface area contributed by atoms with Gasteiger partial charge in [-0.2, -0.15) is 0 Å². The standard InChI is InChI=1S/C14H18O3/c1-10(15)17-12-7-5-11(6-8-12)13(16)9-14(2,3)4/h5-8H,9H2,1-4H3. The summed E-state index contributed by atoms with van der Waals surface area (Å²) in [5.74, 6) is 0.204. The molecule has 0 unspecified atom stereocenters. The van der Waals surface area contributed by atoms with E-state index in [1.165, 1.54) is 6.92 Å². The Morgan fingerprint density at radius 2 is 1.65 bits per heavy atom. The van der Waals surface area contributed by atoms with Crippen molar-refractivity contribution < 1.29 is 14.3 Å². The van der Waals surface area contributed by atoms with E-state index < -0.39 is 0 Å². The second kappa shape index (κ2) is 5.13. The van der Waals surface area contributed by atoms with Crippen LogP contribution in [0.3, 0.4) is 0 Å². The first kappa shape index (κ1) is 13.4. The molecule has 0 atom stereocenters. The zero-order chi connectivity index (χ0) is 13.1. The van der Waals surface area contributed by atoms with E-state index in [9.17, 15) is 9.59 Å². The van der Waals surface area contributed by atoms with E-state index >= 15 is 0 Å². The molecule has 0 aliphatic carbocycles. The Balaban J connectivity index is 2.74. The minimum Gasteiger partial charge on any atom is -0.427 e. The molecule has 0 radical (unpaired) electrons. The maximum absolute atomic E-state index is 11.9. The van der Waals surface area contributed by atoms with Gasteiger partial charge in [-0.15, -0.1) is 0 Å². The third-order valence-electron chi connectivity index (χ3n) is 2.13. The van der Waals surface area contributed by atoms with Crippen LogP contribution in [0.15, 0.2) is 24.3 Å². The summed E-state index contributed by atoms with van der Waals surface area (Å²) in [6.07, 6.45) is 0.500. The van der Waals surface area contributed by atoms with Crippen LogP contribution >= 0.6 is 0 Å². The van der Waals surface area contributed by atoms with Crippen molar-refractivity contribution in [1.29, 1.82) is 0 Å². The van der Waals surface area contributed by atoms with Crippen molar-refractivity contribution >= 4 is 11.8 Å². The monoisotopic (exact) mass is 234 g/mol. The predicted molar refractivity (Wildman–Crippen MR) is 66.2 cm³/mol. The van der Waals surface area contributed by atoms with Crippen LogP contribution in [-0.4, -0.2) is 11.8 Å². The number of carbonyl (C=O) groups excluding carboxylic acids is 2. The smallest absolute Gasteiger partial charge is 0.308 e. The average molecular weight is 234 g/mol.